The normalized spacial score (nSPS) is 19.4. The molecule has 21 heavy (non-hydrogen) atoms. The Morgan fingerprint density at radius 1 is 1.19 bits per heavy atom. The molecule has 0 aromatic rings. The van der Waals surface area contributed by atoms with Crippen molar-refractivity contribution in [3.8, 4) is 0 Å². The average Bonchev–Trinajstić information content (AvgIpc) is 3.20. The first-order valence-corrected chi connectivity index (χ1v) is 8.28. The van der Waals surface area contributed by atoms with Gasteiger partial charge in [0.15, 0.2) is 5.96 Å². The maximum atomic E-state index is 4.73. The highest BCUT2D eigenvalue weighted by Gasteiger charge is 2.33. The number of guanidine groups is 1. The molecule has 0 aliphatic heterocycles. The van der Waals surface area contributed by atoms with Crippen LogP contribution in [-0.2, 0) is 0 Å². The Kier molecular flexibility index (Phi) is 7.74. The van der Waals surface area contributed by atoms with Gasteiger partial charge in [-0.05, 0) is 59.3 Å². The number of hydrogen-bond donors (Lipinski definition) is 2. The van der Waals surface area contributed by atoms with Gasteiger partial charge in [0.1, 0.15) is 0 Å². The molecular weight excluding hydrogens is 375 g/mol. The molecule has 2 aliphatic carbocycles. The molecule has 0 heterocycles. The van der Waals surface area contributed by atoms with Gasteiger partial charge in [-0.25, -0.2) is 0 Å². The van der Waals surface area contributed by atoms with Gasteiger partial charge >= 0.3 is 0 Å². The van der Waals surface area contributed by atoms with Gasteiger partial charge in [-0.3, -0.25) is 9.89 Å². The second-order valence-corrected chi connectivity index (χ2v) is 7.31. The lowest BCUT2D eigenvalue weighted by Crippen LogP contribution is -2.47. The van der Waals surface area contributed by atoms with Crippen molar-refractivity contribution in [2.24, 2.45) is 10.9 Å². The predicted molar refractivity (Wildman–Crippen MR) is 102 cm³/mol. The molecular formula is C16H33IN4. The van der Waals surface area contributed by atoms with Crippen molar-refractivity contribution in [1.82, 2.24) is 15.5 Å². The Labute approximate surface area is 147 Å². The Bertz CT molecular complexity index is 330. The van der Waals surface area contributed by atoms with Crippen molar-refractivity contribution in [2.45, 2.75) is 65.0 Å². The van der Waals surface area contributed by atoms with Gasteiger partial charge in [0.05, 0.1) is 6.54 Å². The van der Waals surface area contributed by atoms with Crippen LogP contribution in [0.3, 0.4) is 0 Å². The number of nitrogens with zero attached hydrogens (tertiary/aromatic N) is 2. The fraction of sp³-hybridized carbons (Fsp3) is 0.938. The summed E-state index contributed by atoms with van der Waals surface area (Å²) in [5.74, 6) is 1.93. The fourth-order valence-corrected chi connectivity index (χ4v) is 2.45. The summed E-state index contributed by atoms with van der Waals surface area (Å²) in [6, 6.07) is 0.865. The number of aliphatic imine (C=N–C) groups is 1. The molecule has 0 atom stereocenters. The zero-order valence-corrected chi connectivity index (χ0v) is 16.4. The van der Waals surface area contributed by atoms with Crippen LogP contribution in [0.15, 0.2) is 4.99 Å². The molecule has 0 amide bonds. The third kappa shape index (κ3) is 8.24. The Balaban J connectivity index is 0.00000220. The van der Waals surface area contributed by atoms with Gasteiger partial charge in [-0.15, -0.1) is 24.0 Å². The van der Waals surface area contributed by atoms with Crippen LogP contribution in [0, 0.1) is 5.92 Å². The standard InChI is InChI=1S/C16H32N4.HI/c1-5-17-15(19-16(2,3)4)18-10-11-20(14-8-9-14)12-13-6-7-13;/h13-14H,5-12H2,1-4H3,(H2,17,18,19);1H. The van der Waals surface area contributed by atoms with Gasteiger partial charge in [-0.2, -0.15) is 0 Å². The zero-order valence-electron chi connectivity index (χ0n) is 14.1. The highest BCUT2D eigenvalue weighted by molar-refractivity contribution is 14.0. The minimum absolute atomic E-state index is 0. The van der Waals surface area contributed by atoms with E-state index in [2.05, 4.69) is 43.2 Å². The summed E-state index contributed by atoms with van der Waals surface area (Å²) in [4.78, 5) is 7.40. The Morgan fingerprint density at radius 2 is 1.86 bits per heavy atom. The van der Waals surface area contributed by atoms with Crippen LogP contribution in [0.4, 0.5) is 0 Å². The highest BCUT2D eigenvalue weighted by atomic mass is 127. The van der Waals surface area contributed by atoms with Gasteiger partial charge in [0.25, 0.3) is 0 Å². The third-order valence-corrected chi connectivity index (χ3v) is 3.75. The number of rotatable bonds is 7. The summed E-state index contributed by atoms with van der Waals surface area (Å²) >= 11 is 0. The first-order valence-electron chi connectivity index (χ1n) is 8.28. The molecule has 2 rings (SSSR count). The maximum absolute atomic E-state index is 4.73. The molecule has 2 N–H and O–H groups in total. The van der Waals surface area contributed by atoms with Crippen LogP contribution < -0.4 is 10.6 Å². The maximum Gasteiger partial charge on any atom is 0.191 e. The van der Waals surface area contributed by atoms with E-state index in [-0.39, 0.29) is 29.5 Å². The van der Waals surface area contributed by atoms with Crippen LogP contribution in [0.2, 0.25) is 0 Å². The molecule has 2 fully saturated rings. The van der Waals surface area contributed by atoms with Gasteiger partial charge in [0.2, 0.25) is 0 Å². The van der Waals surface area contributed by atoms with Gasteiger partial charge < -0.3 is 10.6 Å². The fourth-order valence-electron chi connectivity index (χ4n) is 2.45. The molecule has 124 valence electrons. The second-order valence-electron chi connectivity index (χ2n) is 7.31. The minimum Gasteiger partial charge on any atom is -0.357 e. The van der Waals surface area contributed by atoms with E-state index < -0.39 is 0 Å². The number of hydrogen-bond acceptors (Lipinski definition) is 2. The molecule has 0 radical (unpaired) electrons. The van der Waals surface area contributed by atoms with Crippen molar-refractivity contribution in [2.75, 3.05) is 26.2 Å². The van der Waals surface area contributed by atoms with E-state index in [0.29, 0.717) is 0 Å². The summed E-state index contributed by atoms with van der Waals surface area (Å²) in [7, 11) is 0. The largest absolute Gasteiger partial charge is 0.357 e. The molecule has 0 saturated heterocycles. The van der Waals surface area contributed by atoms with E-state index in [0.717, 1.165) is 37.6 Å². The lowest BCUT2D eigenvalue weighted by molar-refractivity contribution is 0.260. The average molecular weight is 408 g/mol. The minimum atomic E-state index is 0. The lowest BCUT2D eigenvalue weighted by atomic mass is 10.1. The van der Waals surface area contributed by atoms with Crippen LogP contribution in [0.1, 0.15) is 53.4 Å². The van der Waals surface area contributed by atoms with E-state index in [9.17, 15) is 0 Å². The highest BCUT2D eigenvalue weighted by Crippen LogP contribution is 2.34. The molecule has 0 aromatic heterocycles. The smallest absolute Gasteiger partial charge is 0.191 e. The number of halogens is 1. The van der Waals surface area contributed by atoms with E-state index in [1.807, 2.05) is 0 Å². The van der Waals surface area contributed by atoms with E-state index in [1.54, 1.807) is 0 Å². The first kappa shape index (κ1) is 19.0. The predicted octanol–water partition coefficient (Wildman–Crippen LogP) is 2.83. The van der Waals surface area contributed by atoms with Crippen LogP contribution in [0.25, 0.3) is 0 Å². The monoisotopic (exact) mass is 408 g/mol. The van der Waals surface area contributed by atoms with E-state index in [1.165, 1.54) is 32.2 Å². The van der Waals surface area contributed by atoms with Gasteiger partial charge in [0, 0.05) is 31.2 Å². The lowest BCUT2D eigenvalue weighted by Gasteiger charge is -2.24. The molecule has 0 unspecified atom stereocenters. The molecule has 0 bridgehead atoms. The van der Waals surface area contributed by atoms with Crippen LogP contribution in [0.5, 0.6) is 0 Å². The summed E-state index contributed by atoms with van der Waals surface area (Å²) in [6.07, 6.45) is 5.69. The van der Waals surface area contributed by atoms with E-state index >= 15 is 0 Å². The first-order chi connectivity index (χ1) is 9.48. The molecule has 0 aromatic carbocycles. The Morgan fingerprint density at radius 3 is 2.33 bits per heavy atom. The summed E-state index contributed by atoms with van der Waals surface area (Å²) in [5.41, 5.74) is 0.0607. The molecule has 5 heteroatoms. The molecule has 2 aliphatic rings. The second kappa shape index (κ2) is 8.56. The SMILES string of the molecule is CCNC(=NCCN(CC1CC1)C1CC1)NC(C)(C)C.I. The summed E-state index contributed by atoms with van der Waals surface area (Å²) in [6.45, 7) is 12.9. The molecule has 2 saturated carbocycles. The van der Waals surface area contributed by atoms with Crippen LogP contribution in [-0.4, -0.2) is 48.6 Å². The number of nitrogens with one attached hydrogen (secondary N) is 2. The molecule has 4 nitrogen and oxygen atoms in total. The van der Waals surface area contributed by atoms with Crippen molar-refractivity contribution < 1.29 is 0 Å². The zero-order chi connectivity index (χ0) is 14.6. The van der Waals surface area contributed by atoms with Crippen molar-refractivity contribution in [1.29, 1.82) is 0 Å². The third-order valence-electron chi connectivity index (χ3n) is 3.75. The summed E-state index contributed by atoms with van der Waals surface area (Å²) < 4.78 is 0. The van der Waals surface area contributed by atoms with E-state index in [4.69, 9.17) is 4.99 Å². The topological polar surface area (TPSA) is 39.7 Å². The summed E-state index contributed by atoms with van der Waals surface area (Å²) in [5, 5.41) is 6.78. The van der Waals surface area contributed by atoms with Crippen molar-refractivity contribution in [3.63, 3.8) is 0 Å². The van der Waals surface area contributed by atoms with Crippen molar-refractivity contribution in [3.05, 3.63) is 0 Å². The van der Waals surface area contributed by atoms with Crippen LogP contribution >= 0.6 is 24.0 Å². The van der Waals surface area contributed by atoms with Gasteiger partial charge in [-0.1, -0.05) is 0 Å². The Hall–Kier alpha value is -0.0400. The molecule has 0 spiro atoms. The van der Waals surface area contributed by atoms with Crippen molar-refractivity contribution >= 4 is 29.9 Å². The quantitative estimate of drug-likeness (QED) is 0.387.